The molecule has 0 N–H and O–H groups in total. The average Bonchev–Trinajstić information content (AvgIpc) is 0.730. The smallest absolute Gasteiger partial charge is 0.0794 e. The standard InChI is InChI=1S/C72H48N4.C64H44N4/c1-5-25-57(26-6-1)75(58-27-7-2-8-28-58)61-33-17-23-55(45-61)69-47-67(53-37-35-49-19-13-15-21-51(49)43-53)65-41-40-64-63(71(65)73-69)39-42-66-68(54-38-36-50-20-14-16-22-52(50)44-54)48-70(74-72(64)66)56-24-18-34-62(46-56)76(59-29-9-3-10-30-59)60-31-11-4-12-32-60;1-7-19-47(20-8-1)61-43-59(45-31-35-53(36-32-45)67(49-23-11-3-12-24-49)50-25-13-4-14-26-50)57-41-40-56-55(63(57)65-61)39-42-58-60(44-62(66-64(56)58)48-21-9-2-10-22-48)46-33-37-54(38-34-46)68(51-27-15-5-16-28-51)52-29-17-6-18-30-52/h1-48H;1-44H. The molecule has 0 aliphatic carbocycles. The molecule has 0 aliphatic heterocycles. The van der Waals surface area contributed by atoms with Gasteiger partial charge in [0.1, 0.15) is 0 Å². The second-order valence-corrected chi connectivity index (χ2v) is 36.3. The summed E-state index contributed by atoms with van der Waals surface area (Å²) in [7, 11) is 0. The Balaban J connectivity index is 0.000000152. The zero-order valence-electron chi connectivity index (χ0n) is 78.7. The number of aromatic nitrogens is 4. The van der Waals surface area contributed by atoms with Gasteiger partial charge in [-0.1, -0.05) is 376 Å². The highest BCUT2D eigenvalue weighted by Gasteiger charge is 2.25. The SMILES string of the molecule is c1ccc(-c2cc(-c3ccc(N(c4ccccc4)c4ccccc4)cc3)c3ccc4c(ccc5c(-c6ccc(N(c7ccccc7)c7ccccc7)cc6)cc(-c6ccccc6)nc54)c3n2)cc1.c1ccc(N(c2ccccc2)c2cccc(-c3cc(-c4ccc5ccccc5c4)c4ccc5c(ccc6c(-c7ccc8ccccc8c7)cc(-c7cccc(N(c8ccccc8)c8ccccc8)c7)nc65)c4n3)c2)cc1. The maximum absolute atomic E-state index is 5.71. The summed E-state index contributed by atoms with van der Waals surface area (Å²) in [5.74, 6) is 0. The third-order valence-corrected chi connectivity index (χ3v) is 27.6. The number of benzene rings is 22. The summed E-state index contributed by atoms with van der Waals surface area (Å²) < 4.78 is 0. The normalized spacial score (nSPS) is 11.3. The molecular weight excluding hydrogens is 1750 g/mol. The molecule has 0 unspecified atom stereocenters. The Labute approximate surface area is 836 Å². The number of hydrogen-bond donors (Lipinski definition) is 0. The van der Waals surface area contributed by atoms with Gasteiger partial charge in [-0.2, -0.15) is 0 Å². The molecule has 0 fully saturated rings. The van der Waals surface area contributed by atoms with Crippen LogP contribution in [0.2, 0.25) is 0 Å². The van der Waals surface area contributed by atoms with Crippen LogP contribution in [-0.4, -0.2) is 19.9 Å². The fourth-order valence-corrected chi connectivity index (χ4v) is 20.6. The molecule has 0 radical (unpaired) electrons. The van der Waals surface area contributed by atoms with Crippen molar-refractivity contribution in [2.75, 3.05) is 19.6 Å². The molecule has 4 aromatic heterocycles. The second-order valence-electron chi connectivity index (χ2n) is 36.3. The summed E-state index contributed by atoms with van der Waals surface area (Å²) in [6.45, 7) is 0. The fraction of sp³-hybridized carbons (Fsp3) is 0. The summed E-state index contributed by atoms with van der Waals surface area (Å²) in [5, 5.41) is 13.3. The zero-order chi connectivity index (χ0) is 95.6. The minimum absolute atomic E-state index is 0.892. The number of nitrogens with zero attached hydrogens (tertiary/aromatic N) is 8. The predicted molar refractivity (Wildman–Crippen MR) is 606 cm³/mol. The van der Waals surface area contributed by atoms with Gasteiger partial charge in [-0.05, 0) is 248 Å². The van der Waals surface area contributed by atoms with Crippen molar-refractivity contribution >= 4 is 155 Å². The highest BCUT2D eigenvalue weighted by Crippen LogP contribution is 2.49. The van der Waals surface area contributed by atoms with E-state index in [-0.39, 0.29) is 0 Å². The Morgan fingerprint density at radius 1 is 0.111 bits per heavy atom. The first-order chi connectivity index (χ1) is 71.4. The lowest BCUT2D eigenvalue weighted by molar-refractivity contribution is 1.28. The van der Waals surface area contributed by atoms with Gasteiger partial charge in [-0.25, -0.2) is 19.9 Å². The molecule has 0 saturated carbocycles. The molecule has 0 amide bonds. The zero-order valence-corrected chi connectivity index (χ0v) is 78.7. The van der Waals surface area contributed by atoms with E-state index in [1.54, 1.807) is 0 Å². The summed E-state index contributed by atoms with van der Waals surface area (Å²) in [6, 6.07) is 199. The number of fused-ring (bicyclic) bond motifs is 12. The predicted octanol–water partition coefficient (Wildman–Crippen LogP) is 37.4. The minimum Gasteiger partial charge on any atom is -0.311 e. The van der Waals surface area contributed by atoms with E-state index >= 15 is 0 Å². The van der Waals surface area contributed by atoms with Crippen LogP contribution in [0.3, 0.4) is 0 Å². The molecule has 0 saturated heterocycles. The van der Waals surface area contributed by atoms with Gasteiger partial charge < -0.3 is 19.6 Å². The van der Waals surface area contributed by atoms with Gasteiger partial charge in [0.2, 0.25) is 0 Å². The number of para-hydroxylation sites is 8. The molecule has 8 heteroatoms. The Morgan fingerprint density at radius 3 is 0.576 bits per heavy atom. The Kier molecular flexibility index (Phi) is 22.9. The molecule has 0 bridgehead atoms. The quantitative estimate of drug-likeness (QED) is 0.0700. The van der Waals surface area contributed by atoms with E-state index in [2.05, 4.69) is 578 Å². The van der Waals surface area contributed by atoms with E-state index in [0.717, 1.165) is 223 Å². The Hall–Kier alpha value is -19.3. The van der Waals surface area contributed by atoms with Gasteiger partial charge in [0, 0.05) is 134 Å². The highest BCUT2D eigenvalue weighted by molar-refractivity contribution is 6.22. The van der Waals surface area contributed by atoms with Crippen molar-refractivity contribution in [1.29, 1.82) is 0 Å². The number of anilines is 12. The van der Waals surface area contributed by atoms with Crippen molar-refractivity contribution in [2.45, 2.75) is 0 Å². The number of rotatable bonds is 20. The molecular formula is C136H92N8. The minimum atomic E-state index is 0.892. The van der Waals surface area contributed by atoms with Crippen LogP contribution < -0.4 is 19.6 Å². The van der Waals surface area contributed by atoms with E-state index in [9.17, 15) is 0 Å². The van der Waals surface area contributed by atoms with Gasteiger partial charge >= 0.3 is 0 Å². The molecule has 676 valence electrons. The van der Waals surface area contributed by atoms with Gasteiger partial charge in [0.25, 0.3) is 0 Å². The Morgan fingerprint density at radius 2 is 0.306 bits per heavy atom. The van der Waals surface area contributed by atoms with Crippen molar-refractivity contribution in [1.82, 2.24) is 19.9 Å². The van der Waals surface area contributed by atoms with Crippen molar-refractivity contribution in [3.63, 3.8) is 0 Å². The van der Waals surface area contributed by atoms with Crippen LogP contribution in [0.15, 0.2) is 558 Å². The summed E-state index contributed by atoms with van der Waals surface area (Å²) in [5.41, 5.74) is 33.6. The monoisotopic (exact) mass is 1840 g/mol. The van der Waals surface area contributed by atoms with E-state index in [0.29, 0.717) is 0 Å². The van der Waals surface area contributed by atoms with E-state index in [1.807, 2.05) is 0 Å². The topological polar surface area (TPSA) is 64.5 Å². The van der Waals surface area contributed by atoms with Gasteiger partial charge in [-0.15, -0.1) is 0 Å². The van der Waals surface area contributed by atoms with E-state index in [4.69, 9.17) is 19.9 Å². The van der Waals surface area contributed by atoms with Crippen LogP contribution in [0.1, 0.15) is 0 Å². The number of pyridine rings is 4. The van der Waals surface area contributed by atoms with Crippen molar-refractivity contribution < 1.29 is 0 Å². The maximum atomic E-state index is 5.71. The maximum Gasteiger partial charge on any atom is 0.0794 e. The molecule has 8 nitrogen and oxygen atoms in total. The van der Waals surface area contributed by atoms with Crippen molar-refractivity contribution in [3.05, 3.63) is 558 Å². The molecule has 144 heavy (non-hydrogen) atoms. The van der Waals surface area contributed by atoms with E-state index in [1.165, 1.54) is 21.5 Å². The number of hydrogen-bond acceptors (Lipinski definition) is 8. The largest absolute Gasteiger partial charge is 0.311 e. The van der Waals surface area contributed by atoms with Crippen LogP contribution in [0.4, 0.5) is 68.2 Å². The van der Waals surface area contributed by atoms with Gasteiger partial charge in [0.05, 0.1) is 44.8 Å². The summed E-state index contributed by atoms with van der Waals surface area (Å²) in [6.07, 6.45) is 0. The molecule has 26 aromatic rings. The molecule has 0 atom stereocenters. The Bertz CT molecular complexity index is 8520. The van der Waals surface area contributed by atoms with Crippen LogP contribution >= 0.6 is 0 Å². The lowest BCUT2D eigenvalue weighted by Gasteiger charge is -2.26. The van der Waals surface area contributed by atoms with Gasteiger partial charge in [0.15, 0.2) is 0 Å². The van der Waals surface area contributed by atoms with Crippen LogP contribution in [0.5, 0.6) is 0 Å². The molecule has 0 spiro atoms. The van der Waals surface area contributed by atoms with Crippen LogP contribution in [-0.2, 0) is 0 Å². The first-order valence-corrected chi connectivity index (χ1v) is 48.9. The lowest BCUT2D eigenvalue weighted by atomic mass is 9.92. The molecule has 26 rings (SSSR count). The average molecular weight is 1840 g/mol. The molecule has 4 heterocycles. The lowest BCUT2D eigenvalue weighted by Crippen LogP contribution is -2.09. The second kappa shape index (κ2) is 38.2. The highest BCUT2D eigenvalue weighted by atomic mass is 15.2. The van der Waals surface area contributed by atoms with Gasteiger partial charge in [-0.3, -0.25) is 0 Å². The first kappa shape index (κ1) is 86.3. The van der Waals surface area contributed by atoms with Crippen molar-refractivity contribution in [2.24, 2.45) is 0 Å². The van der Waals surface area contributed by atoms with Crippen LogP contribution in [0, 0.1) is 0 Å². The van der Waals surface area contributed by atoms with Crippen molar-refractivity contribution in [3.8, 4) is 89.5 Å². The third-order valence-electron chi connectivity index (χ3n) is 27.6. The molecule has 0 aliphatic rings. The summed E-state index contributed by atoms with van der Waals surface area (Å²) in [4.78, 5) is 31.6. The third kappa shape index (κ3) is 16.8. The molecule has 22 aromatic carbocycles. The van der Waals surface area contributed by atoms with Crippen LogP contribution in [0.25, 0.3) is 176 Å². The first-order valence-electron chi connectivity index (χ1n) is 48.9. The van der Waals surface area contributed by atoms with E-state index < -0.39 is 0 Å². The summed E-state index contributed by atoms with van der Waals surface area (Å²) >= 11 is 0. The fourth-order valence-electron chi connectivity index (χ4n) is 20.6.